The van der Waals surface area contributed by atoms with Crippen LogP contribution in [0.25, 0.3) is 0 Å². The summed E-state index contributed by atoms with van der Waals surface area (Å²) in [6.45, 7) is -0.324. The molecule has 1 rings (SSSR count). The topological polar surface area (TPSA) is 81.1 Å². The number of benzene rings is 1. The Kier molecular flexibility index (Phi) is 6.18. The van der Waals surface area contributed by atoms with Crippen molar-refractivity contribution in [2.24, 2.45) is 11.5 Å². The number of alkyl halides is 1. The van der Waals surface area contributed by atoms with Crippen LogP contribution in [-0.4, -0.2) is 31.2 Å². The van der Waals surface area contributed by atoms with Crippen LogP contribution in [0.2, 0.25) is 0 Å². The van der Waals surface area contributed by atoms with Crippen molar-refractivity contribution in [1.82, 2.24) is 5.32 Å². The van der Waals surface area contributed by atoms with Gasteiger partial charge in [0.25, 0.3) is 0 Å². The molecule has 104 valence electrons. The van der Waals surface area contributed by atoms with Gasteiger partial charge in [0.2, 0.25) is 5.91 Å². The van der Waals surface area contributed by atoms with Crippen molar-refractivity contribution in [3.63, 3.8) is 0 Å². The third kappa shape index (κ3) is 4.81. The summed E-state index contributed by atoms with van der Waals surface area (Å²) < 4.78 is 12.9. The molecule has 0 spiro atoms. The SMILES string of the molecule is NC/C=C/C(N)(CF)C(=O)NCCc1ccccc1. The molecule has 0 saturated carbocycles. The van der Waals surface area contributed by atoms with E-state index in [2.05, 4.69) is 5.32 Å². The Morgan fingerprint density at radius 1 is 1.37 bits per heavy atom. The van der Waals surface area contributed by atoms with Crippen LogP contribution in [0.15, 0.2) is 42.5 Å². The van der Waals surface area contributed by atoms with Crippen molar-refractivity contribution in [3.8, 4) is 0 Å². The van der Waals surface area contributed by atoms with Crippen LogP contribution in [0.5, 0.6) is 0 Å². The first-order valence-corrected chi connectivity index (χ1v) is 6.17. The van der Waals surface area contributed by atoms with Crippen LogP contribution in [0.1, 0.15) is 5.56 Å². The van der Waals surface area contributed by atoms with E-state index in [1.165, 1.54) is 12.2 Å². The highest BCUT2D eigenvalue weighted by molar-refractivity contribution is 5.88. The molecule has 0 saturated heterocycles. The van der Waals surface area contributed by atoms with Gasteiger partial charge in [0.05, 0.1) is 0 Å². The maximum atomic E-state index is 12.9. The van der Waals surface area contributed by atoms with Gasteiger partial charge in [0.15, 0.2) is 0 Å². The van der Waals surface area contributed by atoms with Crippen LogP contribution in [0.4, 0.5) is 4.39 Å². The molecule has 1 atom stereocenters. The molecule has 1 amide bonds. The van der Waals surface area contributed by atoms with E-state index in [1.54, 1.807) is 0 Å². The molecule has 0 aliphatic carbocycles. The zero-order chi connectivity index (χ0) is 14.1. The summed E-state index contributed by atoms with van der Waals surface area (Å²) in [5.74, 6) is -0.532. The van der Waals surface area contributed by atoms with Crippen molar-refractivity contribution in [1.29, 1.82) is 0 Å². The lowest BCUT2D eigenvalue weighted by Crippen LogP contribution is -2.54. The third-order valence-electron chi connectivity index (χ3n) is 2.74. The Hall–Kier alpha value is -1.72. The van der Waals surface area contributed by atoms with Crippen LogP contribution >= 0.6 is 0 Å². The molecule has 0 aromatic heterocycles. The molecule has 19 heavy (non-hydrogen) atoms. The van der Waals surface area contributed by atoms with Crippen LogP contribution in [0, 0.1) is 0 Å². The van der Waals surface area contributed by atoms with E-state index >= 15 is 0 Å². The highest BCUT2D eigenvalue weighted by atomic mass is 19.1. The minimum absolute atomic E-state index is 0.218. The number of hydrogen-bond acceptors (Lipinski definition) is 3. The van der Waals surface area contributed by atoms with Crippen molar-refractivity contribution in [3.05, 3.63) is 48.0 Å². The second-order valence-electron chi connectivity index (χ2n) is 4.30. The predicted octanol–water partition coefficient (Wildman–Crippen LogP) is 0.527. The molecule has 5 heteroatoms. The Balaban J connectivity index is 2.47. The first kappa shape index (κ1) is 15.3. The zero-order valence-electron chi connectivity index (χ0n) is 10.8. The Labute approximate surface area is 112 Å². The van der Waals surface area contributed by atoms with Gasteiger partial charge in [-0.05, 0) is 12.0 Å². The number of amides is 1. The zero-order valence-corrected chi connectivity index (χ0v) is 10.8. The monoisotopic (exact) mass is 265 g/mol. The lowest BCUT2D eigenvalue weighted by atomic mass is 10.0. The van der Waals surface area contributed by atoms with Gasteiger partial charge in [0.1, 0.15) is 12.2 Å². The first-order chi connectivity index (χ1) is 9.12. The summed E-state index contributed by atoms with van der Waals surface area (Å²) in [5.41, 5.74) is 10.4. The number of carbonyl (C=O) groups excluding carboxylic acids is 1. The van der Waals surface area contributed by atoms with Gasteiger partial charge in [-0.15, -0.1) is 0 Å². The molecule has 0 fully saturated rings. The number of nitrogens with one attached hydrogen (secondary N) is 1. The highest BCUT2D eigenvalue weighted by Gasteiger charge is 2.30. The van der Waals surface area contributed by atoms with E-state index in [0.29, 0.717) is 13.0 Å². The Bertz CT molecular complexity index is 422. The lowest BCUT2D eigenvalue weighted by Gasteiger charge is -2.21. The fraction of sp³-hybridized carbons (Fsp3) is 0.357. The fourth-order valence-corrected chi connectivity index (χ4v) is 1.59. The molecule has 0 radical (unpaired) electrons. The summed E-state index contributed by atoms with van der Waals surface area (Å²) in [6.07, 6.45) is 3.47. The summed E-state index contributed by atoms with van der Waals surface area (Å²) in [5, 5.41) is 2.64. The summed E-state index contributed by atoms with van der Waals surface area (Å²) in [4.78, 5) is 11.8. The van der Waals surface area contributed by atoms with Crippen LogP contribution < -0.4 is 16.8 Å². The van der Waals surface area contributed by atoms with Crippen molar-refractivity contribution in [2.45, 2.75) is 12.0 Å². The van der Waals surface area contributed by atoms with Gasteiger partial charge >= 0.3 is 0 Å². The summed E-state index contributed by atoms with van der Waals surface area (Å²) in [7, 11) is 0. The largest absolute Gasteiger partial charge is 0.354 e. The van der Waals surface area contributed by atoms with Crippen LogP contribution in [0.3, 0.4) is 0 Å². The van der Waals surface area contributed by atoms with Gasteiger partial charge in [-0.25, -0.2) is 4.39 Å². The first-order valence-electron chi connectivity index (χ1n) is 6.17. The molecule has 1 unspecified atom stereocenters. The van der Waals surface area contributed by atoms with E-state index in [9.17, 15) is 9.18 Å². The predicted molar refractivity (Wildman–Crippen MR) is 74.2 cm³/mol. The van der Waals surface area contributed by atoms with Gasteiger partial charge in [-0.1, -0.05) is 42.5 Å². The lowest BCUT2D eigenvalue weighted by molar-refractivity contribution is -0.125. The highest BCUT2D eigenvalue weighted by Crippen LogP contribution is 2.05. The van der Waals surface area contributed by atoms with Crippen molar-refractivity contribution in [2.75, 3.05) is 19.8 Å². The van der Waals surface area contributed by atoms with Crippen molar-refractivity contribution < 1.29 is 9.18 Å². The molecule has 1 aromatic rings. The van der Waals surface area contributed by atoms with E-state index < -0.39 is 18.1 Å². The number of halogens is 1. The summed E-state index contributed by atoms with van der Waals surface area (Å²) >= 11 is 0. The number of nitrogens with two attached hydrogens (primary N) is 2. The number of hydrogen-bond donors (Lipinski definition) is 3. The van der Waals surface area contributed by atoms with E-state index in [0.717, 1.165) is 5.56 Å². The standard InChI is InChI=1S/C14H20FN3O/c15-11-14(17,8-4-9-16)13(19)18-10-7-12-5-2-1-3-6-12/h1-6,8H,7,9-11,16-17H2,(H,18,19)/b8-4+. The quantitative estimate of drug-likeness (QED) is 0.629. The van der Waals surface area contributed by atoms with Gasteiger partial charge in [0, 0.05) is 13.1 Å². The second-order valence-corrected chi connectivity index (χ2v) is 4.30. The molecule has 1 aromatic carbocycles. The summed E-state index contributed by atoms with van der Waals surface area (Å²) in [6, 6.07) is 9.70. The third-order valence-corrected chi connectivity index (χ3v) is 2.74. The molecule has 0 aliphatic rings. The van der Waals surface area contributed by atoms with E-state index in [-0.39, 0.29) is 6.54 Å². The van der Waals surface area contributed by atoms with E-state index in [4.69, 9.17) is 11.5 Å². The molecule has 5 N–H and O–H groups in total. The molecule has 4 nitrogen and oxygen atoms in total. The van der Waals surface area contributed by atoms with Crippen molar-refractivity contribution >= 4 is 5.91 Å². The minimum Gasteiger partial charge on any atom is -0.354 e. The molecule has 0 bridgehead atoms. The molecule has 0 aliphatic heterocycles. The molecular formula is C14H20FN3O. The minimum atomic E-state index is -1.63. The maximum Gasteiger partial charge on any atom is 0.246 e. The average molecular weight is 265 g/mol. The normalized spacial score (nSPS) is 14.3. The average Bonchev–Trinajstić information content (AvgIpc) is 2.45. The van der Waals surface area contributed by atoms with E-state index in [1.807, 2.05) is 30.3 Å². The molecular weight excluding hydrogens is 245 g/mol. The smallest absolute Gasteiger partial charge is 0.246 e. The van der Waals surface area contributed by atoms with Gasteiger partial charge in [-0.3, -0.25) is 4.79 Å². The number of carbonyl (C=O) groups is 1. The van der Waals surface area contributed by atoms with Crippen LogP contribution in [-0.2, 0) is 11.2 Å². The fourth-order valence-electron chi connectivity index (χ4n) is 1.59. The second kappa shape index (κ2) is 7.66. The number of rotatable bonds is 7. The maximum absolute atomic E-state index is 12.9. The Morgan fingerprint density at radius 3 is 2.63 bits per heavy atom. The molecule has 0 heterocycles. The van der Waals surface area contributed by atoms with Gasteiger partial charge in [-0.2, -0.15) is 0 Å². The van der Waals surface area contributed by atoms with Gasteiger partial charge < -0.3 is 16.8 Å². The Morgan fingerprint density at radius 2 is 2.05 bits per heavy atom.